The number of aliphatic carboxylic acids is 1. The van der Waals surface area contributed by atoms with Gasteiger partial charge in [0.2, 0.25) is 0 Å². The van der Waals surface area contributed by atoms with Crippen molar-refractivity contribution in [3.8, 4) is 0 Å². The normalized spacial score (nSPS) is 12.3. The van der Waals surface area contributed by atoms with Crippen molar-refractivity contribution in [1.29, 1.82) is 0 Å². The highest BCUT2D eigenvalue weighted by Gasteiger charge is 2.19. The first-order valence-corrected chi connectivity index (χ1v) is 7.18. The lowest BCUT2D eigenvalue weighted by molar-refractivity contribution is -0.141. The molecule has 0 amide bonds. The maximum absolute atomic E-state index is 11.3. The van der Waals surface area contributed by atoms with Crippen LogP contribution < -0.4 is 0 Å². The van der Waals surface area contributed by atoms with Crippen LogP contribution in [0, 0.1) is 5.92 Å². The number of hydrogen-bond donors (Lipinski definition) is 1. The zero-order chi connectivity index (χ0) is 13.0. The number of nitrogens with zero attached hydrogens (tertiary/aromatic N) is 1. The molecule has 0 radical (unpaired) electrons. The van der Waals surface area contributed by atoms with Crippen LogP contribution in [0.1, 0.15) is 10.6 Å². The van der Waals surface area contributed by atoms with E-state index in [4.69, 9.17) is 0 Å². The van der Waals surface area contributed by atoms with Gasteiger partial charge < -0.3 is 5.11 Å². The molecule has 0 saturated heterocycles. The summed E-state index contributed by atoms with van der Waals surface area (Å²) in [5, 5.41) is 12.0. The van der Waals surface area contributed by atoms with Crippen molar-refractivity contribution in [3.63, 3.8) is 0 Å². The van der Waals surface area contributed by atoms with E-state index >= 15 is 0 Å². The minimum atomic E-state index is -0.770. The summed E-state index contributed by atoms with van der Waals surface area (Å²) < 4.78 is 0.998. The van der Waals surface area contributed by atoms with Crippen molar-refractivity contribution in [1.82, 2.24) is 4.98 Å². The predicted molar refractivity (Wildman–Crippen MR) is 74.8 cm³/mol. The molecule has 0 fully saturated rings. The van der Waals surface area contributed by atoms with Crippen molar-refractivity contribution in [2.24, 2.45) is 5.92 Å². The molecule has 0 spiro atoms. The average Bonchev–Trinajstić information content (AvgIpc) is 2.84. The van der Waals surface area contributed by atoms with Crippen LogP contribution in [0.5, 0.6) is 0 Å². The Morgan fingerprint density at radius 1 is 1.33 bits per heavy atom. The highest BCUT2D eigenvalue weighted by Crippen LogP contribution is 2.18. The predicted octanol–water partition coefficient (Wildman–Crippen LogP) is 3.39. The van der Waals surface area contributed by atoms with Gasteiger partial charge in [0.1, 0.15) is 0 Å². The topological polar surface area (TPSA) is 50.2 Å². The van der Waals surface area contributed by atoms with E-state index in [2.05, 4.69) is 20.9 Å². The molecule has 0 bridgehead atoms. The number of halogens is 1. The van der Waals surface area contributed by atoms with Gasteiger partial charge in [-0.3, -0.25) is 4.79 Å². The summed E-state index contributed by atoms with van der Waals surface area (Å²) in [4.78, 5) is 15.4. The second kappa shape index (κ2) is 6.11. The van der Waals surface area contributed by atoms with Crippen molar-refractivity contribution < 1.29 is 9.90 Å². The molecule has 1 N–H and O–H groups in total. The third kappa shape index (κ3) is 3.65. The standard InChI is InChI=1S/C13H12BrNO2S/c14-11-3-1-9(2-4-11)7-10(13(16)17)8-12-15-5-6-18-12/h1-6,10H,7-8H2,(H,16,17). The first-order valence-electron chi connectivity index (χ1n) is 5.51. The van der Waals surface area contributed by atoms with Crippen LogP contribution in [0.3, 0.4) is 0 Å². The zero-order valence-corrected chi connectivity index (χ0v) is 11.9. The molecule has 1 atom stereocenters. The minimum Gasteiger partial charge on any atom is -0.481 e. The van der Waals surface area contributed by atoms with E-state index in [1.165, 1.54) is 11.3 Å². The van der Waals surface area contributed by atoms with Gasteiger partial charge in [0, 0.05) is 22.5 Å². The summed E-state index contributed by atoms with van der Waals surface area (Å²) in [6.45, 7) is 0. The smallest absolute Gasteiger partial charge is 0.307 e. The van der Waals surface area contributed by atoms with E-state index in [1.807, 2.05) is 29.6 Å². The molecule has 0 aliphatic carbocycles. The molecule has 0 aliphatic heterocycles. The lowest BCUT2D eigenvalue weighted by Gasteiger charge is -2.10. The van der Waals surface area contributed by atoms with Crippen molar-refractivity contribution in [2.75, 3.05) is 0 Å². The molecule has 1 heterocycles. The van der Waals surface area contributed by atoms with Crippen LogP contribution >= 0.6 is 27.3 Å². The fourth-order valence-electron chi connectivity index (χ4n) is 1.72. The van der Waals surface area contributed by atoms with Gasteiger partial charge in [-0.15, -0.1) is 11.3 Å². The van der Waals surface area contributed by atoms with Crippen LogP contribution in [-0.2, 0) is 17.6 Å². The number of carbonyl (C=O) groups is 1. The van der Waals surface area contributed by atoms with Gasteiger partial charge >= 0.3 is 5.97 Å². The lowest BCUT2D eigenvalue weighted by Crippen LogP contribution is -2.19. The van der Waals surface area contributed by atoms with Gasteiger partial charge in [-0.25, -0.2) is 4.98 Å². The Kier molecular flexibility index (Phi) is 4.49. The van der Waals surface area contributed by atoms with E-state index in [-0.39, 0.29) is 0 Å². The lowest BCUT2D eigenvalue weighted by atomic mass is 9.97. The molecular formula is C13H12BrNO2S. The number of thiazole rings is 1. The van der Waals surface area contributed by atoms with Gasteiger partial charge in [0.05, 0.1) is 10.9 Å². The van der Waals surface area contributed by atoms with Crippen molar-refractivity contribution in [2.45, 2.75) is 12.8 Å². The quantitative estimate of drug-likeness (QED) is 0.916. The van der Waals surface area contributed by atoms with E-state index in [1.54, 1.807) is 6.20 Å². The second-order valence-corrected chi connectivity index (χ2v) is 5.89. The Morgan fingerprint density at radius 3 is 2.61 bits per heavy atom. The molecule has 94 valence electrons. The molecule has 2 rings (SSSR count). The summed E-state index contributed by atoms with van der Waals surface area (Å²) in [7, 11) is 0. The Labute approximate surface area is 118 Å². The van der Waals surface area contributed by atoms with Crippen LogP contribution in [0.4, 0.5) is 0 Å². The average molecular weight is 326 g/mol. The SMILES string of the molecule is O=C(O)C(Cc1ccc(Br)cc1)Cc1nccs1. The van der Waals surface area contributed by atoms with Gasteiger partial charge in [0.15, 0.2) is 0 Å². The first-order chi connectivity index (χ1) is 8.65. The fraction of sp³-hybridized carbons (Fsp3) is 0.231. The number of hydrogen-bond acceptors (Lipinski definition) is 3. The molecular weight excluding hydrogens is 314 g/mol. The number of carboxylic acids is 1. The van der Waals surface area contributed by atoms with Crippen LogP contribution in [0.2, 0.25) is 0 Å². The third-order valence-electron chi connectivity index (χ3n) is 2.65. The summed E-state index contributed by atoms with van der Waals surface area (Å²) >= 11 is 4.86. The monoisotopic (exact) mass is 325 g/mol. The largest absolute Gasteiger partial charge is 0.481 e. The molecule has 1 aromatic carbocycles. The van der Waals surface area contributed by atoms with Gasteiger partial charge in [-0.1, -0.05) is 28.1 Å². The Balaban J connectivity index is 2.06. The fourth-order valence-corrected chi connectivity index (χ4v) is 2.68. The summed E-state index contributed by atoms with van der Waals surface area (Å²) in [6, 6.07) is 7.75. The van der Waals surface area contributed by atoms with Crippen LogP contribution in [0.25, 0.3) is 0 Å². The third-order valence-corrected chi connectivity index (χ3v) is 3.98. The molecule has 3 nitrogen and oxygen atoms in total. The summed E-state index contributed by atoms with van der Waals surface area (Å²) in [6.07, 6.45) is 2.73. The Hall–Kier alpha value is -1.20. The summed E-state index contributed by atoms with van der Waals surface area (Å²) in [5.41, 5.74) is 1.03. The van der Waals surface area contributed by atoms with E-state index in [9.17, 15) is 9.90 Å². The number of aromatic nitrogens is 1. The first kappa shape index (κ1) is 13.2. The maximum atomic E-state index is 11.3. The molecule has 0 aliphatic rings. The van der Waals surface area contributed by atoms with Crippen molar-refractivity contribution >= 4 is 33.2 Å². The Bertz CT molecular complexity index is 510. The molecule has 5 heteroatoms. The van der Waals surface area contributed by atoms with E-state index < -0.39 is 11.9 Å². The molecule has 1 unspecified atom stereocenters. The van der Waals surface area contributed by atoms with E-state index in [0.717, 1.165) is 15.0 Å². The Morgan fingerprint density at radius 2 is 2.06 bits per heavy atom. The summed E-state index contributed by atoms with van der Waals surface area (Å²) in [5.74, 6) is -1.19. The van der Waals surface area contributed by atoms with Crippen LogP contribution in [0.15, 0.2) is 40.3 Å². The van der Waals surface area contributed by atoms with Crippen LogP contribution in [-0.4, -0.2) is 16.1 Å². The maximum Gasteiger partial charge on any atom is 0.307 e. The molecule has 2 aromatic rings. The minimum absolute atomic E-state index is 0.419. The highest BCUT2D eigenvalue weighted by atomic mass is 79.9. The molecule has 1 aromatic heterocycles. The van der Waals surface area contributed by atoms with Gasteiger partial charge in [0.25, 0.3) is 0 Å². The number of rotatable bonds is 5. The number of benzene rings is 1. The molecule has 0 saturated carbocycles. The van der Waals surface area contributed by atoms with E-state index in [0.29, 0.717) is 12.8 Å². The highest BCUT2D eigenvalue weighted by molar-refractivity contribution is 9.10. The molecule has 18 heavy (non-hydrogen) atoms. The van der Waals surface area contributed by atoms with Gasteiger partial charge in [-0.2, -0.15) is 0 Å². The van der Waals surface area contributed by atoms with Gasteiger partial charge in [-0.05, 0) is 24.1 Å². The van der Waals surface area contributed by atoms with Crippen molar-refractivity contribution in [3.05, 3.63) is 50.9 Å². The number of carboxylic acid groups (broad SMARTS) is 1. The second-order valence-electron chi connectivity index (χ2n) is 4.00. The zero-order valence-electron chi connectivity index (χ0n) is 9.54.